The number of carbonyl (C=O) groups is 1. The van der Waals surface area contributed by atoms with Gasteiger partial charge in [0.25, 0.3) is 17.0 Å². The minimum absolute atomic E-state index is 0.0156. The fourth-order valence-corrected chi connectivity index (χ4v) is 4.97. The second kappa shape index (κ2) is 10.3. The smallest absolute Gasteiger partial charge is 0.332 e. The summed E-state index contributed by atoms with van der Waals surface area (Å²) in [5.74, 6) is -0.486. The molecule has 0 unspecified atom stereocenters. The summed E-state index contributed by atoms with van der Waals surface area (Å²) in [6, 6.07) is 9.50. The van der Waals surface area contributed by atoms with Gasteiger partial charge in [0.2, 0.25) is 0 Å². The molecule has 0 atom stereocenters. The van der Waals surface area contributed by atoms with Gasteiger partial charge in [-0.15, -0.1) is 0 Å². The van der Waals surface area contributed by atoms with Gasteiger partial charge in [0.05, 0.1) is 10.9 Å². The zero-order valence-electron chi connectivity index (χ0n) is 20.7. The van der Waals surface area contributed by atoms with Gasteiger partial charge in [-0.2, -0.15) is 0 Å². The average Bonchev–Trinajstić information content (AvgIpc) is 2.86. The molecular formula is C26H33N5O4. The third-order valence-corrected chi connectivity index (χ3v) is 6.59. The molecule has 0 bridgehead atoms. The van der Waals surface area contributed by atoms with E-state index in [-0.39, 0.29) is 23.1 Å². The van der Waals surface area contributed by atoms with Crippen molar-refractivity contribution in [2.45, 2.75) is 52.6 Å². The van der Waals surface area contributed by atoms with E-state index < -0.39 is 22.7 Å². The first-order chi connectivity index (χ1) is 16.9. The molecule has 1 N–H and O–H groups in total. The summed E-state index contributed by atoms with van der Waals surface area (Å²) < 4.78 is 3.87. The molecule has 0 saturated heterocycles. The highest BCUT2D eigenvalue weighted by molar-refractivity contribution is 6.05. The maximum absolute atomic E-state index is 13.4. The zero-order valence-corrected chi connectivity index (χ0v) is 20.7. The molecule has 35 heavy (non-hydrogen) atoms. The first-order valence-corrected chi connectivity index (χ1v) is 12.4. The van der Waals surface area contributed by atoms with Crippen molar-refractivity contribution in [3.05, 3.63) is 72.7 Å². The first-order valence-electron chi connectivity index (χ1n) is 12.4. The lowest BCUT2D eigenvalue weighted by molar-refractivity contribution is 0.0956. The second-order valence-corrected chi connectivity index (χ2v) is 9.02. The Hall–Kier alpha value is -3.62. The van der Waals surface area contributed by atoms with Crippen LogP contribution in [0, 0.1) is 0 Å². The van der Waals surface area contributed by atoms with Gasteiger partial charge in [0.15, 0.2) is 0 Å². The van der Waals surface area contributed by atoms with E-state index in [1.54, 1.807) is 0 Å². The lowest BCUT2D eigenvalue weighted by Crippen LogP contribution is -2.43. The Labute approximate surface area is 203 Å². The number of aryl methyl sites for hydroxylation is 3. The van der Waals surface area contributed by atoms with Gasteiger partial charge in [0, 0.05) is 51.5 Å². The number of hydrogen-bond acceptors (Lipinski definition) is 5. The topological polar surface area (TPSA) is 98.3 Å². The molecule has 9 nitrogen and oxygen atoms in total. The number of benzene rings is 1. The third-order valence-electron chi connectivity index (χ3n) is 6.59. The van der Waals surface area contributed by atoms with Crippen molar-refractivity contribution in [3.63, 3.8) is 0 Å². The number of rotatable bonds is 8. The van der Waals surface area contributed by atoms with Crippen LogP contribution < -0.4 is 27.0 Å². The van der Waals surface area contributed by atoms with Crippen LogP contribution in [0.4, 0.5) is 5.69 Å². The SMILES string of the molecule is CCCn1c(=O)c2c(C(=O)NCCN3CCCc4ccccc43)cc(=O)n(CCC)c2n(C)c1=O. The van der Waals surface area contributed by atoms with Crippen molar-refractivity contribution in [2.75, 3.05) is 24.5 Å². The summed E-state index contributed by atoms with van der Waals surface area (Å²) in [6.45, 7) is 6.26. The van der Waals surface area contributed by atoms with E-state index in [1.165, 1.54) is 33.5 Å². The number of pyridine rings is 1. The van der Waals surface area contributed by atoms with Crippen LogP contribution in [0.2, 0.25) is 0 Å². The van der Waals surface area contributed by atoms with Crippen LogP contribution in [0.15, 0.2) is 44.7 Å². The lowest BCUT2D eigenvalue weighted by atomic mass is 10.0. The van der Waals surface area contributed by atoms with E-state index in [9.17, 15) is 19.2 Å². The Morgan fingerprint density at radius 1 is 1.00 bits per heavy atom. The van der Waals surface area contributed by atoms with E-state index in [0.717, 1.165) is 24.0 Å². The summed E-state index contributed by atoms with van der Waals surface area (Å²) in [7, 11) is 1.54. The normalized spacial score (nSPS) is 13.2. The van der Waals surface area contributed by atoms with Gasteiger partial charge < -0.3 is 10.2 Å². The van der Waals surface area contributed by atoms with Gasteiger partial charge in [-0.1, -0.05) is 32.0 Å². The van der Waals surface area contributed by atoms with Crippen molar-refractivity contribution in [2.24, 2.45) is 7.05 Å². The van der Waals surface area contributed by atoms with Gasteiger partial charge in [-0.25, -0.2) is 4.79 Å². The van der Waals surface area contributed by atoms with E-state index in [4.69, 9.17) is 0 Å². The Morgan fingerprint density at radius 2 is 1.71 bits per heavy atom. The highest BCUT2D eigenvalue weighted by Gasteiger charge is 2.23. The van der Waals surface area contributed by atoms with Crippen molar-refractivity contribution in [1.29, 1.82) is 0 Å². The highest BCUT2D eigenvalue weighted by atomic mass is 16.2. The number of fused-ring (bicyclic) bond motifs is 2. The molecule has 1 aromatic carbocycles. The molecule has 4 rings (SSSR count). The van der Waals surface area contributed by atoms with Crippen LogP contribution in [0.5, 0.6) is 0 Å². The molecule has 186 valence electrons. The number of carbonyl (C=O) groups excluding carboxylic acids is 1. The number of amides is 1. The average molecular weight is 480 g/mol. The van der Waals surface area contributed by atoms with Gasteiger partial charge >= 0.3 is 5.69 Å². The van der Waals surface area contributed by atoms with E-state index in [2.05, 4.69) is 22.3 Å². The van der Waals surface area contributed by atoms with Crippen LogP contribution in [-0.2, 0) is 26.6 Å². The van der Waals surface area contributed by atoms with Crippen LogP contribution in [0.1, 0.15) is 49.0 Å². The Kier molecular flexibility index (Phi) is 7.23. The molecule has 2 aromatic heterocycles. The van der Waals surface area contributed by atoms with Crippen LogP contribution >= 0.6 is 0 Å². The Bertz CT molecular complexity index is 1430. The molecule has 3 aromatic rings. The lowest BCUT2D eigenvalue weighted by Gasteiger charge is -2.31. The predicted molar refractivity (Wildman–Crippen MR) is 138 cm³/mol. The van der Waals surface area contributed by atoms with Crippen molar-refractivity contribution in [1.82, 2.24) is 19.0 Å². The third kappa shape index (κ3) is 4.54. The summed E-state index contributed by atoms with van der Waals surface area (Å²) >= 11 is 0. The summed E-state index contributed by atoms with van der Waals surface area (Å²) in [4.78, 5) is 54.7. The van der Waals surface area contributed by atoms with Crippen LogP contribution in [0.25, 0.3) is 11.0 Å². The molecule has 1 aliphatic rings. The maximum atomic E-state index is 13.4. The van der Waals surface area contributed by atoms with E-state index in [1.807, 2.05) is 26.0 Å². The predicted octanol–water partition coefficient (Wildman–Crippen LogP) is 1.86. The summed E-state index contributed by atoms with van der Waals surface area (Å²) in [5, 5.41) is 3.00. The number of nitrogens with zero attached hydrogens (tertiary/aromatic N) is 4. The minimum atomic E-state index is -0.537. The molecule has 0 radical (unpaired) electrons. The first kappa shape index (κ1) is 24.5. The highest BCUT2D eigenvalue weighted by Crippen LogP contribution is 2.26. The number of aromatic nitrogens is 3. The Morgan fingerprint density at radius 3 is 2.46 bits per heavy atom. The van der Waals surface area contributed by atoms with Crippen molar-refractivity contribution in [3.8, 4) is 0 Å². The van der Waals surface area contributed by atoms with Gasteiger partial charge in [-0.3, -0.25) is 28.1 Å². The molecular weight excluding hydrogens is 446 g/mol. The van der Waals surface area contributed by atoms with E-state index >= 15 is 0 Å². The van der Waals surface area contributed by atoms with E-state index in [0.29, 0.717) is 32.5 Å². The quantitative estimate of drug-likeness (QED) is 0.532. The van der Waals surface area contributed by atoms with Crippen LogP contribution in [0.3, 0.4) is 0 Å². The van der Waals surface area contributed by atoms with Gasteiger partial charge in [0.1, 0.15) is 5.65 Å². The van der Waals surface area contributed by atoms with Crippen molar-refractivity contribution < 1.29 is 4.79 Å². The fraction of sp³-hybridized carbons (Fsp3) is 0.462. The monoisotopic (exact) mass is 479 g/mol. The number of nitrogens with one attached hydrogen (secondary N) is 1. The molecule has 0 spiro atoms. The standard InChI is InChI=1S/C26H33N5O4/c1-4-13-30-21(32)17-19(22-24(30)28(3)26(35)31(14-5-2)25(22)34)23(33)27-12-16-29-15-8-10-18-9-6-7-11-20(18)29/h6-7,9,11,17H,4-5,8,10,12-16H2,1-3H3,(H,27,33). The summed E-state index contributed by atoms with van der Waals surface area (Å²) in [5.41, 5.74) is 1.25. The molecule has 0 fully saturated rings. The van der Waals surface area contributed by atoms with Crippen LogP contribution in [-0.4, -0.2) is 39.2 Å². The maximum Gasteiger partial charge on any atom is 0.332 e. The minimum Gasteiger partial charge on any atom is -0.370 e. The summed E-state index contributed by atoms with van der Waals surface area (Å²) in [6.07, 6.45) is 3.33. The number of anilines is 1. The fourth-order valence-electron chi connectivity index (χ4n) is 4.97. The molecule has 3 heterocycles. The second-order valence-electron chi connectivity index (χ2n) is 9.02. The molecule has 0 aliphatic carbocycles. The van der Waals surface area contributed by atoms with Gasteiger partial charge in [-0.05, 0) is 37.3 Å². The number of hydrogen-bond donors (Lipinski definition) is 1. The largest absolute Gasteiger partial charge is 0.370 e. The Balaban J connectivity index is 1.70. The molecule has 9 heteroatoms. The van der Waals surface area contributed by atoms with Crippen molar-refractivity contribution >= 4 is 22.6 Å². The zero-order chi connectivity index (χ0) is 25.1. The molecule has 1 amide bonds. The number of para-hydroxylation sites is 1. The molecule has 0 saturated carbocycles. The molecule has 1 aliphatic heterocycles.